The summed E-state index contributed by atoms with van der Waals surface area (Å²) >= 11 is 0. The van der Waals surface area contributed by atoms with Crippen LogP contribution in [0.4, 0.5) is 0 Å². The number of para-hydroxylation sites is 1. The molecule has 0 saturated heterocycles. The van der Waals surface area contributed by atoms with Crippen molar-refractivity contribution in [1.29, 1.82) is 0 Å². The van der Waals surface area contributed by atoms with Crippen LogP contribution in [0.2, 0.25) is 0 Å². The van der Waals surface area contributed by atoms with Crippen LogP contribution in [0.5, 0.6) is 5.75 Å². The highest BCUT2D eigenvalue weighted by Crippen LogP contribution is 2.26. The molecule has 2 aliphatic rings. The number of ether oxygens (including phenoxy) is 1. The first-order valence-corrected chi connectivity index (χ1v) is 8.39. The molecular formula is C17H27ClN4O. The fourth-order valence-corrected chi connectivity index (χ4v) is 2.86. The number of guanidine groups is 1. The number of aliphatic imine (C=N–C) groups is 1. The third kappa shape index (κ3) is 5.59. The Bertz CT molecular complexity index is 509. The highest BCUT2D eigenvalue weighted by Gasteiger charge is 2.18. The lowest BCUT2D eigenvalue weighted by Crippen LogP contribution is -2.42. The largest absolute Gasteiger partial charge is 0.489 e. The van der Waals surface area contributed by atoms with Gasteiger partial charge in [-0.3, -0.25) is 4.99 Å². The average molecular weight is 339 g/mol. The van der Waals surface area contributed by atoms with Crippen molar-refractivity contribution in [2.24, 2.45) is 4.99 Å². The van der Waals surface area contributed by atoms with E-state index in [2.05, 4.69) is 39.1 Å². The maximum Gasteiger partial charge on any atom is 0.191 e. The van der Waals surface area contributed by atoms with E-state index in [1.165, 1.54) is 5.56 Å². The predicted molar refractivity (Wildman–Crippen MR) is 96.8 cm³/mol. The van der Waals surface area contributed by atoms with E-state index in [9.17, 15) is 0 Å². The average Bonchev–Trinajstić information content (AvgIpc) is 2.59. The number of hydrogen-bond acceptors (Lipinski definition) is 5. The molecule has 0 radical (unpaired) electrons. The van der Waals surface area contributed by atoms with Gasteiger partial charge in [-0.1, -0.05) is 18.2 Å². The Morgan fingerprint density at radius 1 is 1.26 bits per heavy atom. The lowest BCUT2D eigenvalue weighted by molar-refractivity contribution is 0.170. The molecule has 0 unspecified atom stereocenters. The Balaban J connectivity index is 0.00000192. The number of nitrogens with one attached hydrogen (secondary N) is 3. The number of aryl methyl sites for hydroxylation is 1. The number of nitrogens with zero attached hydrogens (tertiary/aromatic N) is 1. The van der Waals surface area contributed by atoms with E-state index in [1.807, 2.05) is 6.07 Å². The summed E-state index contributed by atoms with van der Waals surface area (Å²) in [6, 6.07) is 8.36. The van der Waals surface area contributed by atoms with Gasteiger partial charge in [-0.05, 0) is 43.9 Å². The molecule has 0 saturated carbocycles. The number of fused-ring (bicyclic) bond motifs is 1. The normalized spacial score (nSPS) is 19.5. The quantitative estimate of drug-likeness (QED) is 0.691. The zero-order valence-electron chi connectivity index (χ0n) is 13.5. The van der Waals surface area contributed by atoms with Crippen molar-refractivity contribution in [3.05, 3.63) is 29.8 Å². The van der Waals surface area contributed by atoms with Gasteiger partial charge >= 0.3 is 0 Å². The van der Waals surface area contributed by atoms with E-state index in [1.54, 1.807) is 0 Å². The molecule has 23 heavy (non-hydrogen) atoms. The number of rotatable bonds is 6. The van der Waals surface area contributed by atoms with Crippen LogP contribution in [0.15, 0.2) is 29.3 Å². The van der Waals surface area contributed by atoms with Crippen LogP contribution in [0.3, 0.4) is 0 Å². The first kappa shape index (κ1) is 17.9. The summed E-state index contributed by atoms with van der Waals surface area (Å²) in [5.74, 6) is 2.02. The summed E-state index contributed by atoms with van der Waals surface area (Å²) in [6.45, 7) is 4.85. The van der Waals surface area contributed by atoms with E-state index in [4.69, 9.17) is 4.74 Å². The zero-order chi connectivity index (χ0) is 15.0. The van der Waals surface area contributed by atoms with Gasteiger partial charge < -0.3 is 20.7 Å². The minimum absolute atomic E-state index is 0. The molecule has 2 aliphatic heterocycles. The lowest BCUT2D eigenvalue weighted by atomic mass is 10.0. The smallest absolute Gasteiger partial charge is 0.191 e. The van der Waals surface area contributed by atoms with Gasteiger partial charge in [0, 0.05) is 26.2 Å². The zero-order valence-corrected chi connectivity index (χ0v) is 14.3. The SMILES string of the molecule is Cl.c1ccc2c(c1)CC[C@H](CNCCCNC1=NCCCN1)O2. The van der Waals surface area contributed by atoms with E-state index in [0.29, 0.717) is 6.10 Å². The monoisotopic (exact) mass is 338 g/mol. The first-order valence-electron chi connectivity index (χ1n) is 8.39. The minimum Gasteiger partial charge on any atom is -0.489 e. The predicted octanol–water partition coefficient (Wildman–Crippen LogP) is 1.72. The van der Waals surface area contributed by atoms with Gasteiger partial charge in [-0.25, -0.2) is 0 Å². The molecule has 5 nitrogen and oxygen atoms in total. The second kappa shape index (κ2) is 9.63. The van der Waals surface area contributed by atoms with Crippen molar-refractivity contribution in [2.45, 2.75) is 31.8 Å². The molecule has 1 aromatic rings. The summed E-state index contributed by atoms with van der Waals surface area (Å²) in [6.07, 6.45) is 4.74. The molecule has 0 spiro atoms. The van der Waals surface area contributed by atoms with E-state index in [0.717, 1.165) is 70.1 Å². The van der Waals surface area contributed by atoms with Crippen molar-refractivity contribution >= 4 is 18.4 Å². The van der Waals surface area contributed by atoms with Crippen molar-refractivity contribution < 1.29 is 4.74 Å². The molecule has 0 bridgehead atoms. The standard InChI is InChI=1S/C17H26N4O.ClH/c1-2-6-16-14(5-1)7-8-15(22-16)13-18-9-3-10-19-17-20-11-4-12-21-17;/h1-2,5-6,15,18H,3-4,7-13H2,(H2,19,20,21);1H/t15-;/m1./s1. The van der Waals surface area contributed by atoms with Crippen LogP contribution in [0.1, 0.15) is 24.8 Å². The molecular weight excluding hydrogens is 312 g/mol. The third-order valence-electron chi connectivity index (χ3n) is 4.09. The second-order valence-electron chi connectivity index (χ2n) is 5.88. The summed E-state index contributed by atoms with van der Waals surface area (Å²) < 4.78 is 6.03. The van der Waals surface area contributed by atoms with Gasteiger partial charge in [0.25, 0.3) is 0 Å². The van der Waals surface area contributed by atoms with Crippen LogP contribution in [0.25, 0.3) is 0 Å². The number of benzene rings is 1. The Morgan fingerprint density at radius 3 is 3.04 bits per heavy atom. The Labute approximate surface area is 144 Å². The van der Waals surface area contributed by atoms with Crippen molar-refractivity contribution in [3.63, 3.8) is 0 Å². The molecule has 1 aromatic carbocycles. The summed E-state index contributed by atoms with van der Waals surface area (Å²) in [7, 11) is 0. The second-order valence-corrected chi connectivity index (χ2v) is 5.88. The molecule has 1 atom stereocenters. The molecule has 3 rings (SSSR count). The maximum atomic E-state index is 6.03. The van der Waals surface area contributed by atoms with Gasteiger partial charge in [0.05, 0.1) is 0 Å². The molecule has 128 valence electrons. The molecule has 3 N–H and O–H groups in total. The Kier molecular flexibility index (Phi) is 7.49. The molecule has 2 heterocycles. The number of halogens is 1. The third-order valence-corrected chi connectivity index (χ3v) is 4.09. The van der Waals surface area contributed by atoms with Gasteiger partial charge in [0.1, 0.15) is 11.9 Å². The van der Waals surface area contributed by atoms with Crippen LogP contribution in [0, 0.1) is 0 Å². The van der Waals surface area contributed by atoms with Gasteiger partial charge in [0.2, 0.25) is 0 Å². The van der Waals surface area contributed by atoms with Gasteiger partial charge in [0.15, 0.2) is 5.96 Å². The fourth-order valence-electron chi connectivity index (χ4n) is 2.86. The highest BCUT2D eigenvalue weighted by atomic mass is 35.5. The Hall–Kier alpha value is -1.46. The van der Waals surface area contributed by atoms with Crippen molar-refractivity contribution in [1.82, 2.24) is 16.0 Å². The molecule has 0 aromatic heterocycles. The molecule has 6 heteroatoms. The van der Waals surface area contributed by atoms with Crippen molar-refractivity contribution in [3.8, 4) is 5.75 Å². The first-order chi connectivity index (χ1) is 10.9. The highest BCUT2D eigenvalue weighted by molar-refractivity contribution is 5.85. The van der Waals surface area contributed by atoms with Crippen LogP contribution >= 0.6 is 12.4 Å². The van der Waals surface area contributed by atoms with Crippen molar-refractivity contribution in [2.75, 3.05) is 32.7 Å². The van der Waals surface area contributed by atoms with E-state index >= 15 is 0 Å². The van der Waals surface area contributed by atoms with E-state index in [-0.39, 0.29) is 12.4 Å². The summed E-state index contributed by atoms with van der Waals surface area (Å²) in [5.41, 5.74) is 1.34. The minimum atomic E-state index is 0. The van der Waals surface area contributed by atoms with Gasteiger partial charge in [-0.2, -0.15) is 0 Å². The number of hydrogen-bond donors (Lipinski definition) is 3. The van der Waals surface area contributed by atoms with Crippen LogP contribution in [-0.4, -0.2) is 44.8 Å². The van der Waals surface area contributed by atoms with Gasteiger partial charge in [-0.15, -0.1) is 12.4 Å². The lowest BCUT2D eigenvalue weighted by Gasteiger charge is -2.26. The maximum absolute atomic E-state index is 6.03. The molecule has 0 amide bonds. The fraction of sp³-hybridized carbons (Fsp3) is 0.588. The topological polar surface area (TPSA) is 57.7 Å². The van der Waals surface area contributed by atoms with Crippen LogP contribution in [-0.2, 0) is 6.42 Å². The van der Waals surface area contributed by atoms with Crippen LogP contribution < -0.4 is 20.7 Å². The molecule has 0 fully saturated rings. The summed E-state index contributed by atoms with van der Waals surface area (Å²) in [4.78, 5) is 4.40. The van der Waals surface area contributed by atoms with E-state index < -0.39 is 0 Å². The Morgan fingerprint density at radius 2 is 2.17 bits per heavy atom. The summed E-state index contributed by atoms with van der Waals surface area (Å²) in [5, 5.41) is 10.1. The molecule has 0 aliphatic carbocycles.